The molecule has 0 N–H and O–H groups in total. The van der Waals surface area contributed by atoms with E-state index in [-0.39, 0.29) is 0 Å². The Morgan fingerprint density at radius 1 is 1.21 bits per heavy atom. The van der Waals surface area contributed by atoms with E-state index in [0.717, 1.165) is 10.8 Å². The van der Waals surface area contributed by atoms with E-state index >= 15 is 0 Å². The minimum absolute atomic E-state index is 0.524. The van der Waals surface area contributed by atoms with Crippen LogP contribution in [-0.2, 0) is 0 Å². The van der Waals surface area contributed by atoms with E-state index in [1.807, 2.05) is 6.07 Å². The van der Waals surface area contributed by atoms with Crippen LogP contribution in [0.1, 0.15) is 25.3 Å². The Morgan fingerprint density at radius 3 is 2.71 bits per heavy atom. The van der Waals surface area contributed by atoms with E-state index in [4.69, 9.17) is 11.6 Å². The number of pyridine rings is 1. The van der Waals surface area contributed by atoms with Gasteiger partial charge in [0.25, 0.3) is 0 Å². The van der Waals surface area contributed by atoms with Crippen molar-refractivity contribution in [1.82, 2.24) is 4.98 Å². The highest BCUT2D eigenvalue weighted by Gasteiger charge is 2.03. The minimum atomic E-state index is 0.524. The van der Waals surface area contributed by atoms with Crippen LogP contribution in [0.4, 0.5) is 0 Å². The first-order valence-electron chi connectivity index (χ1n) is 4.72. The summed E-state index contributed by atoms with van der Waals surface area (Å²) in [6.45, 7) is 4.34. The molecule has 0 aliphatic carbocycles. The third kappa shape index (κ3) is 1.60. The summed E-state index contributed by atoms with van der Waals surface area (Å²) in [5.41, 5.74) is 1.30. The molecule has 1 aromatic carbocycles. The molecule has 0 atom stereocenters. The molecule has 2 aromatic rings. The Bertz CT molecular complexity index is 463. The largest absolute Gasteiger partial charge is 0.244 e. The van der Waals surface area contributed by atoms with E-state index in [0.29, 0.717) is 11.1 Å². The maximum Gasteiger partial charge on any atom is 0.136 e. The predicted octanol–water partition coefficient (Wildman–Crippen LogP) is 4.01. The van der Waals surface area contributed by atoms with Crippen LogP contribution in [-0.4, -0.2) is 4.98 Å². The fourth-order valence-corrected chi connectivity index (χ4v) is 1.73. The second-order valence-corrected chi connectivity index (χ2v) is 4.10. The summed E-state index contributed by atoms with van der Waals surface area (Å²) >= 11 is 6.02. The summed E-state index contributed by atoms with van der Waals surface area (Å²) in [5, 5.41) is 2.78. The molecule has 0 saturated carbocycles. The number of aromatic nitrogens is 1. The molecule has 2 heteroatoms. The third-order valence-corrected chi connectivity index (χ3v) is 2.71. The van der Waals surface area contributed by atoms with Gasteiger partial charge in [0, 0.05) is 11.6 Å². The van der Waals surface area contributed by atoms with Crippen molar-refractivity contribution in [2.45, 2.75) is 19.8 Å². The maximum atomic E-state index is 6.02. The minimum Gasteiger partial charge on any atom is -0.244 e. The van der Waals surface area contributed by atoms with E-state index in [1.54, 1.807) is 6.20 Å². The molecule has 0 fully saturated rings. The Balaban J connectivity index is 2.70. The molecule has 1 heterocycles. The zero-order valence-corrected chi connectivity index (χ0v) is 9.05. The lowest BCUT2D eigenvalue weighted by Crippen LogP contribution is -1.87. The van der Waals surface area contributed by atoms with Gasteiger partial charge in [-0.25, -0.2) is 4.98 Å². The van der Waals surface area contributed by atoms with Crippen molar-refractivity contribution in [2.24, 2.45) is 0 Å². The molecule has 1 nitrogen and oxygen atoms in total. The number of rotatable bonds is 1. The number of nitrogens with zero attached hydrogens (tertiary/aromatic N) is 1. The Hall–Kier alpha value is -1.08. The van der Waals surface area contributed by atoms with Crippen LogP contribution in [0.2, 0.25) is 5.15 Å². The van der Waals surface area contributed by atoms with Gasteiger partial charge >= 0.3 is 0 Å². The fourth-order valence-electron chi connectivity index (χ4n) is 1.51. The van der Waals surface area contributed by atoms with E-state index < -0.39 is 0 Å². The summed E-state index contributed by atoms with van der Waals surface area (Å²) in [6, 6.07) is 8.34. The first-order valence-corrected chi connectivity index (χ1v) is 5.10. The second-order valence-electron chi connectivity index (χ2n) is 3.74. The monoisotopic (exact) mass is 205 g/mol. The topological polar surface area (TPSA) is 12.9 Å². The zero-order chi connectivity index (χ0) is 10.1. The van der Waals surface area contributed by atoms with Gasteiger partial charge in [-0.3, -0.25) is 0 Å². The summed E-state index contributed by atoms with van der Waals surface area (Å²) in [4.78, 5) is 4.07. The smallest absolute Gasteiger partial charge is 0.136 e. The van der Waals surface area contributed by atoms with Gasteiger partial charge in [0.2, 0.25) is 0 Å². The number of halogens is 1. The average molecular weight is 206 g/mol. The number of hydrogen-bond donors (Lipinski definition) is 0. The van der Waals surface area contributed by atoms with Crippen LogP contribution in [0.5, 0.6) is 0 Å². The Labute approximate surface area is 88.7 Å². The highest BCUT2D eigenvalue weighted by molar-refractivity contribution is 6.34. The summed E-state index contributed by atoms with van der Waals surface area (Å²) in [5.74, 6) is 0.524. The van der Waals surface area contributed by atoms with E-state index in [9.17, 15) is 0 Å². The molecule has 72 valence electrons. The molecule has 0 saturated heterocycles. The molecule has 0 spiro atoms. The number of fused-ring (bicyclic) bond motifs is 1. The van der Waals surface area contributed by atoms with Crippen molar-refractivity contribution in [3.05, 3.63) is 41.2 Å². The predicted molar refractivity (Wildman–Crippen MR) is 60.8 cm³/mol. The van der Waals surface area contributed by atoms with Gasteiger partial charge in [-0.2, -0.15) is 0 Å². The van der Waals surface area contributed by atoms with Gasteiger partial charge in [-0.1, -0.05) is 37.6 Å². The van der Waals surface area contributed by atoms with E-state index in [1.165, 1.54) is 5.56 Å². The lowest BCUT2D eigenvalue weighted by Gasteiger charge is -2.07. The zero-order valence-electron chi connectivity index (χ0n) is 8.29. The molecule has 0 bridgehead atoms. The molecular weight excluding hydrogens is 194 g/mol. The lowest BCUT2D eigenvalue weighted by atomic mass is 10.0. The van der Waals surface area contributed by atoms with Crippen molar-refractivity contribution in [1.29, 1.82) is 0 Å². The quantitative estimate of drug-likeness (QED) is 0.641. The first kappa shape index (κ1) is 9.47. The molecular formula is C12H12ClN. The van der Waals surface area contributed by atoms with Gasteiger partial charge in [0.05, 0.1) is 0 Å². The summed E-state index contributed by atoms with van der Waals surface area (Å²) < 4.78 is 0. The van der Waals surface area contributed by atoms with Crippen molar-refractivity contribution in [3.8, 4) is 0 Å². The Morgan fingerprint density at radius 2 is 2.00 bits per heavy atom. The standard InChI is InChI=1S/C12H12ClN/c1-8(2)10-4-3-9-5-6-14-12(13)11(9)7-10/h3-8H,1-2H3. The molecule has 0 aliphatic heterocycles. The lowest BCUT2D eigenvalue weighted by molar-refractivity contribution is 0.868. The number of hydrogen-bond acceptors (Lipinski definition) is 1. The first-order chi connectivity index (χ1) is 6.68. The highest BCUT2D eigenvalue weighted by atomic mass is 35.5. The molecule has 2 rings (SSSR count). The van der Waals surface area contributed by atoms with Crippen molar-refractivity contribution in [3.63, 3.8) is 0 Å². The van der Waals surface area contributed by atoms with Gasteiger partial charge < -0.3 is 0 Å². The summed E-state index contributed by atoms with van der Waals surface area (Å²) in [7, 11) is 0. The van der Waals surface area contributed by atoms with Gasteiger partial charge in [0.1, 0.15) is 5.15 Å². The highest BCUT2D eigenvalue weighted by Crippen LogP contribution is 2.25. The van der Waals surface area contributed by atoms with Crippen LogP contribution in [0, 0.1) is 0 Å². The Kier molecular flexibility index (Phi) is 2.42. The van der Waals surface area contributed by atoms with E-state index in [2.05, 4.69) is 37.0 Å². The van der Waals surface area contributed by atoms with Gasteiger partial charge in [-0.05, 0) is 29.0 Å². The van der Waals surface area contributed by atoms with Crippen LogP contribution < -0.4 is 0 Å². The molecule has 0 radical (unpaired) electrons. The summed E-state index contributed by atoms with van der Waals surface area (Å²) in [6.07, 6.45) is 1.74. The molecule has 1 aromatic heterocycles. The van der Waals surface area contributed by atoms with Crippen molar-refractivity contribution in [2.75, 3.05) is 0 Å². The maximum absolute atomic E-state index is 6.02. The van der Waals surface area contributed by atoms with Gasteiger partial charge in [0.15, 0.2) is 0 Å². The fraction of sp³-hybridized carbons (Fsp3) is 0.250. The van der Waals surface area contributed by atoms with Crippen LogP contribution in [0.25, 0.3) is 10.8 Å². The van der Waals surface area contributed by atoms with Crippen molar-refractivity contribution >= 4 is 22.4 Å². The van der Waals surface area contributed by atoms with Crippen LogP contribution >= 0.6 is 11.6 Å². The third-order valence-electron chi connectivity index (χ3n) is 2.41. The van der Waals surface area contributed by atoms with Crippen LogP contribution in [0.3, 0.4) is 0 Å². The SMILES string of the molecule is CC(C)c1ccc2ccnc(Cl)c2c1. The average Bonchev–Trinajstić information content (AvgIpc) is 2.18. The number of benzene rings is 1. The van der Waals surface area contributed by atoms with Crippen LogP contribution in [0.15, 0.2) is 30.5 Å². The molecule has 0 amide bonds. The normalized spacial score (nSPS) is 11.1. The molecule has 14 heavy (non-hydrogen) atoms. The van der Waals surface area contributed by atoms with Crippen molar-refractivity contribution < 1.29 is 0 Å². The molecule has 0 unspecified atom stereocenters. The second kappa shape index (κ2) is 3.58. The van der Waals surface area contributed by atoms with Gasteiger partial charge in [-0.15, -0.1) is 0 Å². The molecule has 0 aliphatic rings.